The third kappa shape index (κ3) is 2.91. The van der Waals surface area contributed by atoms with Crippen LogP contribution < -0.4 is 4.90 Å². The van der Waals surface area contributed by atoms with Crippen molar-refractivity contribution in [2.24, 2.45) is 5.92 Å². The normalized spacial score (nSPS) is 19.5. The van der Waals surface area contributed by atoms with Crippen LogP contribution in [0.4, 0.5) is 5.82 Å². The molecule has 118 valence electrons. The number of rotatable bonds is 3. The van der Waals surface area contributed by atoms with Crippen molar-refractivity contribution in [1.29, 1.82) is 0 Å². The van der Waals surface area contributed by atoms with E-state index in [0.717, 1.165) is 31.7 Å². The fraction of sp³-hybridized carbons (Fsp3) is 0.562. The maximum atomic E-state index is 12.8. The first-order chi connectivity index (χ1) is 10.7. The van der Waals surface area contributed by atoms with Gasteiger partial charge >= 0.3 is 5.97 Å². The highest BCUT2D eigenvalue weighted by molar-refractivity contribution is 5.99. The third-order valence-corrected chi connectivity index (χ3v) is 4.55. The summed E-state index contributed by atoms with van der Waals surface area (Å²) >= 11 is 0. The third-order valence-electron chi connectivity index (χ3n) is 4.55. The van der Waals surface area contributed by atoms with E-state index in [9.17, 15) is 9.59 Å². The molecular formula is C16H21N3O3. The summed E-state index contributed by atoms with van der Waals surface area (Å²) in [7, 11) is 0. The number of hydrogen-bond donors (Lipinski definition) is 1. The quantitative estimate of drug-likeness (QED) is 0.918. The number of anilines is 1. The summed E-state index contributed by atoms with van der Waals surface area (Å²) in [4.78, 5) is 32.1. The van der Waals surface area contributed by atoms with Gasteiger partial charge in [0.25, 0.3) is 5.91 Å². The van der Waals surface area contributed by atoms with E-state index in [2.05, 4.69) is 9.88 Å². The van der Waals surface area contributed by atoms with Crippen LogP contribution in [0, 0.1) is 5.92 Å². The predicted octanol–water partition coefficient (Wildman–Crippen LogP) is 1.62. The van der Waals surface area contributed by atoms with Gasteiger partial charge in [-0.3, -0.25) is 9.59 Å². The van der Waals surface area contributed by atoms with E-state index in [1.807, 2.05) is 6.07 Å². The van der Waals surface area contributed by atoms with Crippen LogP contribution >= 0.6 is 0 Å². The van der Waals surface area contributed by atoms with Crippen LogP contribution in [-0.2, 0) is 4.79 Å². The van der Waals surface area contributed by atoms with Gasteiger partial charge in [-0.2, -0.15) is 0 Å². The van der Waals surface area contributed by atoms with Crippen LogP contribution in [0.1, 0.15) is 36.0 Å². The van der Waals surface area contributed by atoms with Gasteiger partial charge in [0.05, 0.1) is 11.5 Å². The van der Waals surface area contributed by atoms with Gasteiger partial charge in [-0.25, -0.2) is 4.98 Å². The second-order valence-corrected chi connectivity index (χ2v) is 5.97. The minimum absolute atomic E-state index is 0.0289. The molecule has 2 saturated heterocycles. The Labute approximate surface area is 129 Å². The van der Waals surface area contributed by atoms with Crippen molar-refractivity contribution in [2.75, 3.05) is 31.1 Å². The van der Waals surface area contributed by atoms with Crippen molar-refractivity contribution in [3.05, 3.63) is 23.9 Å². The van der Waals surface area contributed by atoms with Crippen LogP contribution in [0.3, 0.4) is 0 Å². The number of amides is 1. The minimum Gasteiger partial charge on any atom is -0.481 e. The van der Waals surface area contributed by atoms with Gasteiger partial charge in [0.1, 0.15) is 5.82 Å². The first-order valence-electron chi connectivity index (χ1n) is 7.89. The molecule has 6 heteroatoms. The SMILES string of the molecule is O=C(O)C1CCN(C(=O)c2cccnc2N2CCCC2)CC1. The average Bonchev–Trinajstić information content (AvgIpc) is 3.08. The van der Waals surface area contributed by atoms with E-state index in [-0.39, 0.29) is 11.8 Å². The maximum Gasteiger partial charge on any atom is 0.306 e. The topological polar surface area (TPSA) is 73.7 Å². The summed E-state index contributed by atoms with van der Waals surface area (Å²) in [6.07, 6.45) is 5.05. The monoisotopic (exact) mass is 303 g/mol. The van der Waals surface area contributed by atoms with Gasteiger partial charge in [-0.15, -0.1) is 0 Å². The van der Waals surface area contributed by atoms with Crippen molar-refractivity contribution in [2.45, 2.75) is 25.7 Å². The number of carboxylic acids is 1. The molecule has 2 fully saturated rings. The van der Waals surface area contributed by atoms with Gasteiger partial charge < -0.3 is 14.9 Å². The Morgan fingerprint density at radius 1 is 1.14 bits per heavy atom. The molecule has 0 spiro atoms. The summed E-state index contributed by atoms with van der Waals surface area (Å²) in [5.74, 6) is -0.341. The molecule has 6 nitrogen and oxygen atoms in total. The highest BCUT2D eigenvalue weighted by Gasteiger charge is 2.29. The number of pyridine rings is 1. The molecule has 0 atom stereocenters. The molecule has 0 unspecified atom stereocenters. The number of hydrogen-bond acceptors (Lipinski definition) is 4. The van der Waals surface area contributed by atoms with Crippen LogP contribution in [0.2, 0.25) is 0 Å². The molecule has 0 radical (unpaired) electrons. The Bertz CT molecular complexity index is 562. The molecule has 1 aromatic heterocycles. The summed E-state index contributed by atoms with van der Waals surface area (Å²) in [5.41, 5.74) is 0.637. The lowest BCUT2D eigenvalue weighted by molar-refractivity contribution is -0.143. The number of carbonyl (C=O) groups excluding carboxylic acids is 1. The highest BCUT2D eigenvalue weighted by atomic mass is 16.4. The molecule has 0 saturated carbocycles. The molecule has 1 aromatic rings. The second-order valence-electron chi connectivity index (χ2n) is 5.97. The fourth-order valence-corrected chi connectivity index (χ4v) is 3.24. The molecule has 2 aliphatic rings. The highest BCUT2D eigenvalue weighted by Crippen LogP contribution is 2.25. The van der Waals surface area contributed by atoms with E-state index in [1.165, 1.54) is 0 Å². The predicted molar refractivity (Wildman–Crippen MR) is 81.9 cm³/mol. The Morgan fingerprint density at radius 2 is 1.82 bits per heavy atom. The first kappa shape index (κ1) is 14.8. The number of likely N-dealkylation sites (tertiary alicyclic amines) is 1. The Hall–Kier alpha value is -2.11. The zero-order valence-corrected chi connectivity index (χ0v) is 12.6. The van der Waals surface area contributed by atoms with Crippen molar-refractivity contribution in [1.82, 2.24) is 9.88 Å². The number of aliphatic carboxylic acids is 1. The van der Waals surface area contributed by atoms with Gasteiger partial charge in [0.2, 0.25) is 0 Å². The van der Waals surface area contributed by atoms with Crippen molar-refractivity contribution in [3.8, 4) is 0 Å². The second kappa shape index (κ2) is 6.34. The summed E-state index contributed by atoms with van der Waals surface area (Å²) in [6.45, 7) is 2.89. The van der Waals surface area contributed by atoms with Crippen molar-refractivity contribution >= 4 is 17.7 Å². The van der Waals surface area contributed by atoms with Gasteiger partial charge in [0, 0.05) is 32.4 Å². The average molecular weight is 303 g/mol. The van der Waals surface area contributed by atoms with Gasteiger partial charge in [-0.05, 0) is 37.8 Å². The van der Waals surface area contributed by atoms with E-state index in [1.54, 1.807) is 17.2 Å². The van der Waals surface area contributed by atoms with Crippen molar-refractivity contribution in [3.63, 3.8) is 0 Å². The molecule has 0 aromatic carbocycles. The minimum atomic E-state index is -0.758. The van der Waals surface area contributed by atoms with Crippen LogP contribution in [0.25, 0.3) is 0 Å². The zero-order valence-electron chi connectivity index (χ0n) is 12.6. The molecule has 1 amide bonds. The molecular weight excluding hydrogens is 282 g/mol. The molecule has 3 heterocycles. The largest absolute Gasteiger partial charge is 0.481 e. The summed E-state index contributed by atoms with van der Waals surface area (Å²) < 4.78 is 0. The molecule has 1 N–H and O–H groups in total. The molecule has 0 bridgehead atoms. The Kier molecular flexibility index (Phi) is 4.27. The Morgan fingerprint density at radius 3 is 2.45 bits per heavy atom. The Balaban J connectivity index is 1.74. The van der Waals surface area contributed by atoms with Gasteiger partial charge in [-0.1, -0.05) is 0 Å². The fourth-order valence-electron chi connectivity index (χ4n) is 3.24. The van der Waals surface area contributed by atoms with Crippen LogP contribution in [0.5, 0.6) is 0 Å². The van der Waals surface area contributed by atoms with E-state index < -0.39 is 5.97 Å². The lowest BCUT2D eigenvalue weighted by atomic mass is 9.96. The smallest absolute Gasteiger partial charge is 0.306 e. The zero-order chi connectivity index (χ0) is 15.5. The molecule has 2 aliphatic heterocycles. The van der Waals surface area contributed by atoms with Crippen LogP contribution in [0.15, 0.2) is 18.3 Å². The maximum absolute atomic E-state index is 12.8. The molecule has 3 rings (SSSR count). The lowest BCUT2D eigenvalue weighted by Crippen LogP contribution is -2.41. The summed E-state index contributed by atoms with van der Waals surface area (Å²) in [6, 6.07) is 3.61. The lowest BCUT2D eigenvalue weighted by Gasteiger charge is -2.31. The van der Waals surface area contributed by atoms with Crippen LogP contribution in [-0.4, -0.2) is 53.0 Å². The number of nitrogens with zero attached hydrogens (tertiary/aromatic N) is 3. The number of aromatic nitrogens is 1. The molecule has 0 aliphatic carbocycles. The van der Waals surface area contributed by atoms with E-state index >= 15 is 0 Å². The number of carboxylic acid groups (broad SMARTS) is 1. The van der Waals surface area contributed by atoms with E-state index in [4.69, 9.17) is 5.11 Å². The number of piperidine rings is 1. The standard InChI is InChI=1S/C16H21N3O3/c20-15(19-10-5-12(6-11-19)16(21)22)13-4-3-7-17-14(13)18-8-1-2-9-18/h3-4,7,12H,1-2,5-6,8-11H2,(H,21,22). The van der Waals surface area contributed by atoms with Crippen molar-refractivity contribution < 1.29 is 14.7 Å². The number of carbonyl (C=O) groups is 2. The summed E-state index contributed by atoms with van der Waals surface area (Å²) in [5, 5.41) is 9.05. The first-order valence-corrected chi connectivity index (χ1v) is 7.89. The molecule has 22 heavy (non-hydrogen) atoms. The van der Waals surface area contributed by atoms with E-state index in [0.29, 0.717) is 31.5 Å². The van der Waals surface area contributed by atoms with Gasteiger partial charge in [0.15, 0.2) is 0 Å².